The van der Waals surface area contributed by atoms with Crippen LogP contribution in [0.4, 0.5) is 0 Å². The first-order valence-electron chi connectivity index (χ1n) is 7.28. The molecular weight excluding hydrogens is 270 g/mol. The molecule has 0 radical (unpaired) electrons. The van der Waals surface area contributed by atoms with Gasteiger partial charge >= 0.3 is 11.9 Å². The molecule has 0 aliphatic carbocycles. The molecule has 21 heavy (non-hydrogen) atoms. The monoisotopic (exact) mass is 289 g/mol. The molecule has 0 amide bonds. The number of ether oxygens (including phenoxy) is 1. The van der Waals surface area contributed by atoms with Crippen molar-refractivity contribution in [3.63, 3.8) is 0 Å². The number of fused-ring (bicyclic) bond motifs is 2. The molecule has 0 spiro atoms. The van der Waals surface area contributed by atoms with Crippen LogP contribution in [0, 0.1) is 5.92 Å². The van der Waals surface area contributed by atoms with Gasteiger partial charge in [-0.15, -0.1) is 0 Å². The molecule has 2 aliphatic rings. The van der Waals surface area contributed by atoms with Crippen molar-refractivity contribution in [2.45, 2.75) is 37.5 Å². The van der Waals surface area contributed by atoms with E-state index in [0.717, 1.165) is 12.8 Å². The number of carboxylic acids is 1. The lowest BCUT2D eigenvalue weighted by atomic mass is 9.87. The summed E-state index contributed by atoms with van der Waals surface area (Å²) in [4.78, 5) is 25.9. The highest BCUT2D eigenvalue weighted by Gasteiger charge is 2.50. The van der Waals surface area contributed by atoms with Gasteiger partial charge in [0.2, 0.25) is 0 Å². The van der Waals surface area contributed by atoms with Crippen molar-refractivity contribution >= 4 is 11.9 Å². The van der Waals surface area contributed by atoms with E-state index in [4.69, 9.17) is 4.74 Å². The fraction of sp³-hybridized carbons (Fsp3) is 0.500. The number of hydrogen-bond acceptors (Lipinski definition) is 4. The van der Waals surface area contributed by atoms with Gasteiger partial charge in [0.1, 0.15) is 12.0 Å². The molecule has 5 nitrogen and oxygen atoms in total. The molecule has 0 aromatic heterocycles. The highest BCUT2D eigenvalue weighted by Crippen LogP contribution is 2.39. The molecule has 2 heterocycles. The minimum Gasteiger partial charge on any atom is -0.481 e. The van der Waals surface area contributed by atoms with Crippen molar-refractivity contribution in [1.29, 1.82) is 0 Å². The Morgan fingerprint density at radius 1 is 1.24 bits per heavy atom. The second-order valence-corrected chi connectivity index (χ2v) is 5.87. The fourth-order valence-electron chi connectivity index (χ4n) is 3.65. The third-order valence-corrected chi connectivity index (χ3v) is 4.77. The number of carbonyl (C=O) groups is 2. The summed E-state index contributed by atoms with van der Waals surface area (Å²) < 4.78 is 5.53. The second-order valence-electron chi connectivity index (χ2n) is 5.87. The van der Waals surface area contributed by atoms with Crippen molar-refractivity contribution in [2.75, 3.05) is 7.05 Å². The zero-order valence-corrected chi connectivity index (χ0v) is 11.9. The summed E-state index contributed by atoms with van der Waals surface area (Å²) >= 11 is 0. The number of benzene rings is 1. The minimum absolute atomic E-state index is 0.0326. The first kappa shape index (κ1) is 14.1. The Bertz CT molecular complexity index is 544. The van der Waals surface area contributed by atoms with Crippen LogP contribution < -0.4 is 0 Å². The SMILES string of the molecule is CN1[C@@H]2CC[C@@H]1[C@@H](C(=O)O)[C@@H](OC(=O)c1ccccc1)C2. The summed E-state index contributed by atoms with van der Waals surface area (Å²) in [6, 6.07) is 9.01. The number of hydrogen-bond donors (Lipinski definition) is 1. The molecule has 3 rings (SSSR count). The summed E-state index contributed by atoms with van der Waals surface area (Å²) in [5.41, 5.74) is 0.466. The van der Waals surface area contributed by atoms with E-state index in [1.807, 2.05) is 13.1 Å². The van der Waals surface area contributed by atoms with Crippen LogP contribution in [0.5, 0.6) is 0 Å². The van der Waals surface area contributed by atoms with Crippen LogP contribution in [0.25, 0.3) is 0 Å². The lowest BCUT2D eigenvalue weighted by Gasteiger charge is -2.40. The van der Waals surface area contributed by atoms with Crippen LogP contribution in [0.3, 0.4) is 0 Å². The lowest BCUT2D eigenvalue weighted by Crippen LogP contribution is -2.53. The Kier molecular flexibility index (Phi) is 3.68. The normalized spacial score (nSPS) is 31.9. The quantitative estimate of drug-likeness (QED) is 0.859. The van der Waals surface area contributed by atoms with Gasteiger partial charge in [-0.25, -0.2) is 4.79 Å². The number of nitrogens with zero attached hydrogens (tertiary/aromatic N) is 1. The van der Waals surface area contributed by atoms with Gasteiger partial charge in [-0.2, -0.15) is 0 Å². The molecule has 1 N–H and O–H groups in total. The highest BCUT2D eigenvalue weighted by atomic mass is 16.5. The van der Waals surface area contributed by atoms with Crippen LogP contribution >= 0.6 is 0 Å². The predicted molar refractivity (Wildman–Crippen MR) is 76.0 cm³/mol. The number of esters is 1. The molecule has 1 aromatic rings. The molecular formula is C16H19NO4. The predicted octanol–water partition coefficient (Wildman–Crippen LogP) is 1.78. The minimum atomic E-state index is -0.877. The van der Waals surface area contributed by atoms with Crippen molar-refractivity contribution in [1.82, 2.24) is 4.90 Å². The molecule has 1 aromatic carbocycles. The Labute approximate surface area is 123 Å². The maximum atomic E-state index is 12.2. The number of aliphatic carboxylic acids is 1. The Hall–Kier alpha value is -1.88. The van der Waals surface area contributed by atoms with Crippen LogP contribution in [0.15, 0.2) is 30.3 Å². The Morgan fingerprint density at radius 3 is 2.62 bits per heavy atom. The standard InChI is InChI=1S/C16H19NO4/c1-17-11-7-8-12(17)14(15(18)19)13(9-11)21-16(20)10-5-3-2-4-6-10/h2-6,11-14H,7-9H2,1H3,(H,18,19)/t11-,12-,13+,14-/m1/s1. The van der Waals surface area contributed by atoms with Gasteiger partial charge in [-0.05, 0) is 32.0 Å². The summed E-state index contributed by atoms with van der Waals surface area (Å²) in [5.74, 6) is -1.95. The smallest absolute Gasteiger partial charge is 0.338 e. The van der Waals surface area contributed by atoms with E-state index in [2.05, 4.69) is 4.90 Å². The van der Waals surface area contributed by atoms with Gasteiger partial charge in [0, 0.05) is 18.5 Å². The third-order valence-electron chi connectivity index (χ3n) is 4.77. The molecule has 2 bridgehead atoms. The maximum absolute atomic E-state index is 12.2. The second kappa shape index (κ2) is 5.48. The topological polar surface area (TPSA) is 66.8 Å². The number of piperidine rings is 1. The van der Waals surface area contributed by atoms with Gasteiger partial charge in [0.05, 0.1) is 5.56 Å². The van der Waals surface area contributed by atoms with Gasteiger partial charge in [-0.3, -0.25) is 9.69 Å². The molecule has 5 heteroatoms. The van der Waals surface area contributed by atoms with Crippen molar-refractivity contribution < 1.29 is 19.4 Å². The van der Waals surface area contributed by atoms with Crippen LogP contribution in [-0.2, 0) is 9.53 Å². The fourth-order valence-corrected chi connectivity index (χ4v) is 3.65. The van der Waals surface area contributed by atoms with Crippen molar-refractivity contribution in [3.8, 4) is 0 Å². The summed E-state index contributed by atoms with van der Waals surface area (Å²) in [6.07, 6.45) is 1.90. The first-order chi connectivity index (χ1) is 10.1. The summed E-state index contributed by atoms with van der Waals surface area (Å²) in [5, 5.41) is 9.51. The van der Waals surface area contributed by atoms with Crippen LogP contribution in [0.2, 0.25) is 0 Å². The van der Waals surface area contributed by atoms with Crippen LogP contribution in [-0.4, -0.2) is 47.2 Å². The number of carboxylic acid groups (broad SMARTS) is 1. The van der Waals surface area contributed by atoms with E-state index in [9.17, 15) is 14.7 Å². The van der Waals surface area contributed by atoms with E-state index < -0.39 is 24.0 Å². The highest BCUT2D eigenvalue weighted by molar-refractivity contribution is 5.89. The van der Waals surface area contributed by atoms with Crippen molar-refractivity contribution in [2.24, 2.45) is 5.92 Å². The van der Waals surface area contributed by atoms with E-state index in [0.29, 0.717) is 18.0 Å². The Morgan fingerprint density at radius 2 is 1.95 bits per heavy atom. The molecule has 0 saturated carbocycles. The molecule has 112 valence electrons. The average molecular weight is 289 g/mol. The van der Waals surface area contributed by atoms with E-state index >= 15 is 0 Å². The van der Waals surface area contributed by atoms with Crippen LogP contribution in [0.1, 0.15) is 29.6 Å². The number of rotatable bonds is 3. The largest absolute Gasteiger partial charge is 0.481 e. The van der Waals surface area contributed by atoms with Gasteiger partial charge in [0.15, 0.2) is 0 Å². The third kappa shape index (κ3) is 2.53. The van der Waals surface area contributed by atoms with E-state index in [1.54, 1.807) is 24.3 Å². The van der Waals surface area contributed by atoms with Gasteiger partial charge in [0.25, 0.3) is 0 Å². The molecule has 2 aliphatic heterocycles. The molecule has 2 fully saturated rings. The first-order valence-corrected chi connectivity index (χ1v) is 7.28. The van der Waals surface area contributed by atoms with Gasteiger partial charge in [-0.1, -0.05) is 18.2 Å². The summed E-state index contributed by atoms with van der Waals surface area (Å²) in [7, 11) is 1.97. The lowest BCUT2D eigenvalue weighted by molar-refractivity contribution is -0.152. The number of carbonyl (C=O) groups excluding carboxylic acids is 1. The van der Waals surface area contributed by atoms with Crippen molar-refractivity contribution in [3.05, 3.63) is 35.9 Å². The maximum Gasteiger partial charge on any atom is 0.338 e. The van der Waals surface area contributed by atoms with E-state index in [-0.39, 0.29) is 6.04 Å². The molecule has 4 atom stereocenters. The average Bonchev–Trinajstić information content (AvgIpc) is 2.72. The summed E-state index contributed by atoms with van der Waals surface area (Å²) in [6.45, 7) is 0. The zero-order valence-electron chi connectivity index (χ0n) is 11.9. The Balaban J connectivity index is 1.78. The van der Waals surface area contributed by atoms with Gasteiger partial charge < -0.3 is 9.84 Å². The van der Waals surface area contributed by atoms with E-state index in [1.165, 1.54) is 0 Å². The molecule has 2 saturated heterocycles. The molecule has 0 unspecified atom stereocenters. The zero-order chi connectivity index (χ0) is 15.0.